The minimum atomic E-state index is -0.166. The Bertz CT molecular complexity index is 935. The van der Waals surface area contributed by atoms with Crippen molar-refractivity contribution in [2.24, 2.45) is 0 Å². The molecular formula is C20H17BrN4. The van der Waals surface area contributed by atoms with Crippen LogP contribution in [0.4, 0.5) is 5.82 Å². The first-order valence-corrected chi connectivity index (χ1v) is 9.18. The molecular weight excluding hydrogens is 376 g/mol. The lowest BCUT2D eigenvalue weighted by atomic mass is 9.91. The second-order valence-electron chi connectivity index (χ2n) is 6.28. The fourth-order valence-corrected chi connectivity index (χ4v) is 4.05. The summed E-state index contributed by atoms with van der Waals surface area (Å²) in [5.41, 5.74) is 1.99. The molecule has 0 saturated carbocycles. The van der Waals surface area contributed by atoms with Gasteiger partial charge < -0.3 is 4.90 Å². The van der Waals surface area contributed by atoms with Crippen molar-refractivity contribution in [3.63, 3.8) is 0 Å². The number of fused-ring (bicyclic) bond motifs is 1. The molecule has 1 aliphatic rings. The van der Waals surface area contributed by atoms with E-state index < -0.39 is 0 Å². The maximum atomic E-state index is 9.85. The van der Waals surface area contributed by atoms with Crippen molar-refractivity contribution >= 4 is 32.7 Å². The quantitative estimate of drug-likeness (QED) is 0.649. The molecule has 0 radical (unpaired) electrons. The summed E-state index contributed by atoms with van der Waals surface area (Å²) in [7, 11) is 0. The van der Waals surface area contributed by atoms with Gasteiger partial charge in [0.1, 0.15) is 12.1 Å². The van der Waals surface area contributed by atoms with Crippen molar-refractivity contribution in [2.45, 2.75) is 24.8 Å². The normalized spacial score (nSPS) is 18.2. The third-order valence-electron chi connectivity index (χ3n) is 4.83. The Kier molecular flexibility index (Phi) is 4.37. The Morgan fingerprint density at radius 1 is 1.16 bits per heavy atom. The summed E-state index contributed by atoms with van der Waals surface area (Å²) in [4.78, 5) is 11.2. The fraction of sp³-hybridized carbons (Fsp3) is 0.250. The zero-order chi connectivity index (χ0) is 17.2. The molecule has 2 atom stereocenters. The highest BCUT2D eigenvalue weighted by atomic mass is 79.9. The molecule has 2 heterocycles. The van der Waals surface area contributed by atoms with Gasteiger partial charge in [-0.2, -0.15) is 5.26 Å². The van der Waals surface area contributed by atoms with Crippen molar-refractivity contribution in [3.8, 4) is 6.07 Å². The molecule has 25 heavy (non-hydrogen) atoms. The Morgan fingerprint density at radius 2 is 2.00 bits per heavy atom. The second-order valence-corrected chi connectivity index (χ2v) is 7.19. The largest absolute Gasteiger partial charge is 0.351 e. The molecule has 1 saturated heterocycles. The predicted molar refractivity (Wildman–Crippen MR) is 102 cm³/mol. The van der Waals surface area contributed by atoms with Crippen molar-refractivity contribution in [2.75, 3.05) is 11.4 Å². The van der Waals surface area contributed by atoms with E-state index in [9.17, 15) is 5.26 Å². The molecule has 1 fully saturated rings. The van der Waals surface area contributed by atoms with E-state index in [-0.39, 0.29) is 12.0 Å². The van der Waals surface area contributed by atoms with Crippen LogP contribution in [0.5, 0.6) is 0 Å². The van der Waals surface area contributed by atoms with Gasteiger partial charge in [-0.15, -0.1) is 0 Å². The predicted octanol–water partition coefficient (Wildman–Crippen LogP) is 4.67. The van der Waals surface area contributed by atoms with E-state index in [0.29, 0.717) is 0 Å². The average Bonchev–Trinajstić information content (AvgIpc) is 3.12. The van der Waals surface area contributed by atoms with E-state index in [4.69, 9.17) is 0 Å². The molecule has 4 rings (SSSR count). The van der Waals surface area contributed by atoms with Crippen LogP contribution in [0, 0.1) is 11.3 Å². The lowest BCUT2D eigenvalue weighted by Crippen LogP contribution is -2.34. The summed E-state index contributed by atoms with van der Waals surface area (Å²) in [6, 6.07) is 18.8. The Labute approximate surface area is 155 Å². The summed E-state index contributed by atoms with van der Waals surface area (Å²) in [6.45, 7) is 0.911. The van der Waals surface area contributed by atoms with Gasteiger partial charge in [0.15, 0.2) is 0 Å². The van der Waals surface area contributed by atoms with Crippen LogP contribution < -0.4 is 4.90 Å². The first kappa shape index (κ1) is 16.0. The Hall–Kier alpha value is -2.45. The standard InChI is InChI=1S/C20H17BrN4/c21-15-8-9-18-16(11-15)20(24-13-23-18)25-10-4-7-19(25)17(12-22)14-5-2-1-3-6-14/h1-3,5-6,8-9,11,13,17,19H,4,7,10H2. The van der Waals surface area contributed by atoms with E-state index in [0.717, 1.165) is 46.1 Å². The molecule has 2 aromatic carbocycles. The Morgan fingerprint density at radius 3 is 2.80 bits per heavy atom. The van der Waals surface area contributed by atoms with Crippen molar-refractivity contribution in [3.05, 3.63) is 64.9 Å². The van der Waals surface area contributed by atoms with Gasteiger partial charge in [0, 0.05) is 16.4 Å². The van der Waals surface area contributed by atoms with E-state index >= 15 is 0 Å². The van der Waals surface area contributed by atoms with Crippen LogP contribution in [0.3, 0.4) is 0 Å². The number of anilines is 1. The highest BCUT2D eigenvalue weighted by Gasteiger charge is 2.34. The highest BCUT2D eigenvalue weighted by molar-refractivity contribution is 9.10. The van der Waals surface area contributed by atoms with Crippen LogP contribution in [0.25, 0.3) is 10.9 Å². The van der Waals surface area contributed by atoms with Gasteiger partial charge in [0.05, 0.1) is 23.5 Å². The fourth-order valence-electron chi connectivity index (χ4n) is 3.69. The van der Waals surface area contributed by atoms with E-state index in [1.54, 1.807) is 6.33 Å². The maximum Gasteiger partial charge on any atom is 0.140 e. The van der Waals surface area contributed by atoms with Gasteiger partial charge in [-0.3, -0.25) is 0 Å². The number of rotatable bonds is 3. The SMILES string of the molecule is N#CC(c1ccccc1)C1CCCN1c1ncnc2ccc(Br)cc12. The van der Waals surface area contributed by atoms with Crippen LogP contribution in [0.2, 0.25) is 0 Å². The number of hydrogen-bond donors (Lipinski definition) is 0. The van der Waals surface area contributed by atoms with Gasteiger partial charge in [0.25, 0.3) is 0 Å². The highest BCUT2D eigenvalue weighted by Crippen LogP contribution is 2.36. The third kappa shape index (κ3) is 2.98. The van der Waals surface area contributed by atoms with Gasteiger partial charge in [0.2, 0.25) is 0 Å². The molecule has 0 spiro atoms. The average molecular weight is 393 g/mol. The van der Waals surface area contributed by atoms with Crippen molar-refractivity contribution in [1.29, 1.82) is 5.26 Å². The molecule has 5 heteroatoms. The molecule has 124 valence electrons. The first-order valence-electron chi connectivity index (χ1n) is 8.39. The first-order chi connectivity index (χ1) is 12.3. The van der Waals surface area contributed by atoms with Crippen molar-refractivity contribution in [1.82, 2.24) is 9.97 Å². The molecule has 0 N–H and O–H groups in total. The number of nitriles is 1. The number of benzene rings is 2. The van der Waals surface area contributed by atoms with E-state index in [1.807, 2.05) is 42.5 Å². The summed E-state index contributed by atoms with van der Waals surface area (Å²) >= 11 is 3.54. The lowest BCUT2D eigenvalue weighted by Gasteiger charge is -2.30. The monoisotopic (exact) mass is 392 g/mol. The molecule has 1 aromatic heterocycles. The molecule has 0 aliphatic carbocycles. The van der Waals surface area contributed by atoms with Gasteiger partial charge in [-0.1, -0.05) is 46.3 Å². The van der Waals surface area contributed by atoms with Crippen molar-refractivity contribution < 1.29 is 0 Å². The molecule has 3 aromatic rings. The molecule has 4 nitrogen and oxygen atoms in total. The van der Waals surface area contributed by atoms with E-state index in [2.05, 4.69) is 42.9 Å². The summed E-state index contributed by atoms with van der Waals surface area (Å²) < 4.78 is 1.01. The Balaban J connectivity index is 1.78. The zero-order valence-electron chi connectivity index (χ0n) is 13.6. The lowest BCUT2D eigenvalue weighted by molar-refractivity contribution is 0.608. The third-order valence-corrected chi connectivity index (χ3v) is 5.32. The summed E-state index contributed by atoms with van der Waals surface area (Å²) in [6.07, 6.45) is 3.67. The maximum absolute atomic E-state index is 9.85. The topological polar surface area (TPSA) is 52.8 Å². The summed E-state index contributed by atoms with van der Waals surface area (Å²) in [5, 5.41) is 10.9. The van der Waals surface area contributed by atoms with Crippen LogP contribution in [-0.4, -0.2) is 22.6 Å². The second kappa shape index (κ2) is 6.81. The minimum absolute atomic E-state index is 0.129. The van der Waals surface area contributed by atoms with Gasteiger partial charge in [-0.05, 0) is 36.6 Å². The number of halogens is 1. The number of nitrogens with zero attached hydrogens (tertiary/aromatic N) is 4. The van der Waals surface area contributed by atoms with E-state index in [1.165, 1.54) is 0 Å². The minimum Gasteiger partial charge on any atom is -0.351 e. The van der Waals surface area contributed by atoms with Crippen LogP contribution >= 0.6 is 15.9 Å². The van der Waals surface area contributed by atoms with Gasteiger partial charge >= 0.3 is 0 Å². The number of hydrogen-bond acceptors (Lipinski definition) is 4. The van der Waals surface area contributed by atoms with Crippen LogP contribution in [-0.2, 0) is 0 Å². The summed E-state index contributed by atoms with van der Waals surface area (Å²) in [5.74, 6) is 0.755. The smallest absolute Gasteiger partial charge is 0.140 e. The zero-order valence-corrected chi connectivity index (χ0v) is 15.2. The molecule has 0 bridgehead atoms. The van der Waals surface area contributed by atoms with Crippen LogP contribution in [0.1, 0.15) is 24.3 Å². The van der Waals surface area contributed by atoms with Gasteiger partial charge in [-0.25, -0.2) is 9.97 Å². The molecule has 0 amide bonds. The number of aromatic nitrogens is 2. The van der Waals surface area contributed by atoms with Crippen LogP contribution in [0.15, 0.2) is 59.3 Å². The molecule has 1 aliphatic heterocycles. The molecule has 2 unspecified atom stereocenters.